The number of amides is 2. The number of aliphatic hydroxyl groups is 1. The summed E-state index contributed by atoms with van der Waals surface area (Å²) in [6.45, 7) is 1.55. The maximum absolute atomic E-state index is 12.3. The fourth-order valence-electron chi connectivity index (χ4n) is 3.41. The van der Waals surface area contributed by atoms with Crippen molar-refractivity contribution >= 4 is 11.8 Å². The van der Waals surface area contributed by atoms with Gasteiger partial charge in [-0.15, -0.1) is 0 Å². The smallest absolute Gasteiger partial charge is 0.242 e. The topological polar surface area (TPSA) is 78.4 Å². The highest BCUT2D eigenvalue weighted by Crippen LogP contribution is 2.26. The van der Waals surface area contributed by atoms with Gasteiger partial charge in [0.15, 0.2) is 0 Å². The van der Waals surface area contributed by atoms with Crippen molar-refractivity contribution in [3.63, 3.8) is 0 Å². The second-order valence-electron chi connectivity index (χ2n) is 7.08. The molecule has 1 fully saturated rings. The van der Waals surface area contributed by atoms with Gasteiger partial charge in [0.2, 0.25) is 11.8 Å². The van der Waals surface area contributed by atoms with E-state index in [1.54, 1.807) is 6.92 Å². The standard InChI is InChI=1S/C20H30N2O3/c1-15(21-19(24)13-17-10-6-3-7-11-17)20(25)22-18(14-23)12-16-8-4-2-5-9-16/h2,4-5,8-9,15,17-18,23H,3,6-7,10-14H2,1H3,(H,21,24)(H,22,25). The van der Waals surface area contributed by atoms with Crippen molar-refractivity contribution in [3.8, 4) is 0 Å². The van der Waals surface area contributed by atoms with Crippen LogP contribution in [-0.2, 0) is 16.0 Å². The van der Waals surface area contributed by atoms with Crippen molar-refractivity contribution in [2.24, 2.45) is 5.92 Å². The van der Waals surface area contributed by atoms with Crippen LogP contribution in [0.25, 0.3) is 0 Å². The summed E-state index contributed by atoms with van der Waals surface area (Å²) in [4.78, 5) is 24.4. The fourth-order valence-corrected chi connectivity index (χ4v) is 3.41. The van der Waals surface area contributed by atoms with Gasteiger partial charge in [0.05, 0.1) is 12.6 Å². The Morgan fingerprint density at radius 1 is 1.12 bits per heavy atom. The van der Waals surface area contributed by atoms with Gasteiger partial charge in [0, 0.05) is 6.42 Å². The Balaban J connectivity index is 1.76. The zero-order chi connectivity index (χ0) is 18.1. The molecule has 5 heteroatoms. The molecule has 0 bridgehead atoms. The first-order chi connectivity index (χ1) is 12.1. The predicted octanol–water partition coefficient (Wildman–Crippen LogP) is 2.18. The molecule has 0 heterocycles. The number of carbonyl (C=O) groups excluding carboxylic acids is 2. The van der Waals surface area contributed by atoms with Crippen molar-refractivity contribution < 1.29 is 14.7 Å². The van der Waals surface area contributed by atoms with Gasteiger partial charge in [-0.05, 0) is 37.7 Å². The molecule has 25 heavy (non-hydrogen) atoms. The molecule has 0 aliphatic heterocycles. The molecule has 1 saturated carbocycles. The molecule has 5 nitrogen and oxygen atoms in total. The highest BCUT2D eigenvalue weighted by molar-refractivity contribution is 5.87. The van der Waals surface area contributed by atoms with E-state index in [4.69, 9.17) is 0 Å². The Bertz CT molecular complexity index is 541. The first-order valence-electron chi connectivity index (χ1n) is 9.33. The highest BCUT2D eigenvalue weighted by Gasteiger charge is 2.22. The maximum atomic E-state index is 12.3. The summed E-state index contributed by atoms with van der Waals surface area (Å²) in [6.07, 6.45) is 6.95. The maximum Gasteiger partial charge on any atom is 0.242 e. The van der Waals surface area contributed by atoms with Crippen LogP contribution in [0.2, 0.25) is 0 Å². The van der Waals surface area contributed by atoms with Crippen molar-refractivity contribution in [1.82, 2.24) is 10.6 Å². The van der Waals surface area contributed by atoms with Gasteiger partial charge in [0.25, 0.3) is 0 Å². The van der Waals surface area contributed by atoms with Gasteiger partial charge in [-0.1, -0.05) is 49.6 Å². The van der Waals surface area contributed by atoms with Crippen LogP contribution in [0.3, 0.4) is 0 Å². The Morgan fingerprint density at radius 3 is 2.44 bits per heavy atom. The van der Waals surface area contributed by atoms with Crippen molar-refractivity contribution in [3.05, 3.63) is 35.9 Å². The molecule has 2 amide bonds. The molecule has 1 aliphatic rings. The summed E-state index contributed by atoms with van der Waals surface area (Å²) in [6, 6.07) is 8.77. The molecule has 1 aromatic rings. The van der Waals surface area contributed by atoms with E-state index in [0.717, 1.165) is 18.4 Å². The molecule has 138 valence electrons. The summed E-state index contributed by atoms with van der Waals surface area (Å²) < 4.78 is 0. The lowest BCUT2D eigenvalue weighted by atomic mass is 9.87. The number of aliphatic hydroxyl groups excluding tert-OH is 1. The van der Waals surface area contributed by atoms with E-state index in [1.807, 2.05) is 30.3 Å². The number of carbonyl (C=O) groups is 2. The van der Waals surface area contributed by atoms with E-state index in [-0.39, 0.29) is 24.5 Å². The summed E-state index contributed by atoms with van der Waals surface area (Å²) in [5.74, 6) is 0.136. The van der Waals surface area contributed by atoms with Gasteiger partial charge in [-0.3, -0.25) is 9.59 Å². The summed E-state index contributed by atoms with van der Waals surface area (Å²) in [5, 5.41) is 15.1. The van der Waals surface area contributed by atoms with Crippen LogP contribution >= 0.6 is 0 Å². The summed E-state index contributed by atoms with van der Waals surface area (Å²) in [5.41, 5.74) is 1.05. The molecular weight excluding hydrogens is 316 g/mol. The Morgan fingerprint density at radius 2 is 1.80 bits per heavy atom. The molecule has 0 spiro atoms. The van der Waals surface area contributed by atoms with Crippen molar-refractivity contribution in [2.75, 3.05) is 6.61 Å². The molecular formula is C20H30N2O3. The lowest BCUT2D eigenvalue weighted by Gasteiger charge is -2.23. The minimum atomic E-state index is -0.596. The lowest BCUT2D eigenvalue weighted by Crippen LogP contribution is -2.49. The second-order valence-corrected chi connectivity index (χ2v) is 7.08. The average Bonchev–Trinajstić information content (AvgIpc) is 2.62. The molecule has 1 aliphatic carbocycles. The quantitative estimate of drug-likeness (QED) is 0.675. The number of benzene rings is 1. The first kappa shape index (κ1) is 19.4. The Kier molecular flexibility index (Phi) is 7.92. The molecule has 3 N–H and O–H groups in total. The highest BCUT2D eigenvalue weighted by atomic mass is 16.3. The van der Waals surface area contributed by atoms with Crippen LogP contribution in [0.15, 0.2) is 30.3 Å². The van der Waals surface area contributed by atoms with Crippen LogP contribution in [0.1, 0.15) is 51.0 Å². The number of rotatable bonds is 8. The van der Waals surface area contributed by atoms with Crippen LogP contribution in [0.5, 0.6) is 0 Å². The zero-order valence-electron chi connectivity index (χ0n) is 15.0. The van der Waals surface area contributed by atoms with E-state index >= 15 is 0 Å². The number of nitrogens with one attached hydrogen (secondary N) is 2. The lowest BCUT2D eigenvalue weighted by molar-refractivity contribution is -0.129. The molecule has 2 atom stereocenters. The van der Waals surface area contributed by atoms with E-state index in [0.29, 0.717) is 18.8 Å². The van der Waals surface area contributed by atoms with Crippen LogP contribution in [0.4, 0.5) is 0 Å². The van der Waals surface area contributed by atoms with Crippen LogP contribution in [0, 0.1) is 5.92 Å². The summed E-state index contributed by atoms with van der Waals surface area (Å²) >= 11 is 0. The third kappa shape index (κ3) is 6.86. The molecule has 0 radical (unpaired) electrons. The van der Waals surface area contributed by atoms with Gasteiger partial charge >= 0.3 is 0 Å². The second kappa shape index (κ2) is 10.2. The third-order valence-electron chi connectivity index (χ3n) is 4.86. The van der Waals surface area contributed by atoms with Crippen LogP contribution in [-0.4, -0.2) is 35.6 Å². The molecule has 0 aromatic heterocycles. The van der Waals surface area contributed by atoms with Gasteiger partial charge in [-0.25, -0.2) is 0 Å². The molecule has 0 saturated heterocycles. The van der Waals surface area contributed by atoms with Crippen molar-refractivity contribution in [2.45, 2.75) is 64.0 Å². The van der Waals surface area contributed by atoms with Gasteiger partial charge in [-0.2, -0.15) is 0 Å². The normalized spacial score (nSPS) is 17.5. The van der Waals surface area contributed by atoms with E-state index in [9.17, 15) is 14.7 Å². The average molecular weight is 346 g/mol. The summed E-state index contributed by atoms with van der Waals surface area (Å²) in [7, 11) is 0. The van der Waals surface area contributed by atoms with E-state index in [1.165, 1.54) is 19.3 Å². The third-order valence-corrected chi connectivity index (χ3v) is 4.86. The molecule has 2 unspecified atom stereocenters. The number of hydrogen-bond donors (Lipinski definition) is 3. The van der Waals surface area contributed by atoms with E-state index < -0.39 is 6.04 Å². The minimum absolute atomic E-state index is 0.0573. The van der Waals surface area contributed by atoms with Crippen molar-refractivity contribution in [1.29, 1.82) is 0 Å². The zero-order valence-corrected chi connectivity index (χ0v) is 15.0. The largest absolute Gasteiger partial charge is 0.394 e. The Hall–Kier alpha value is -1.88. The predicted molar refractivity (Wildman–Crippen MR) is 98.0 cm³/mol. The fraction of sp³-hybridized carbons (Fsp3) is 0.600. The monoisotopic (exact) mass is 346 g/mol. The molecule has 1 aromatic carbocycles. The SMILES string of the molecule is CC(NC(=O)CC1CCCCC1)C(=O)NC(CO)Cc1ccccc1. The molecule has 2 rings (SSSR count). The minimum Gasteiger partial charge on any atom is -0.394 e. The number of hydrogen-bond acceptors (Lipinski definition) is 3. The van der Waals surface area contributed by atoms with Gasteiger partial charge in [0.1, 0.15) is 6.04 Å². The van der Waals surface area contributed by atoms with Crippen LogP contribution < -0.4 is 10.6 Å². The Labute approximate surface area is 150 Å². The van der Waals surface area contributed by atoms with Gasteiger partial charge < -0.3 is 15.7 Å². The first-order valence-corrected chi connectivity index (χ1v) is 9.33. The van der Waals surface area contributed by atoms with E-state index in [2.05, 4.69) is 10.6 Å².